The van der Waals surface area contributed by atoms with Gasteiger partial charge in [0.05, 0.1) is 16.2 Å². The number of non-ortho nitro benzene ring substituents is 1. The van der Waals surface area contributed by atoms with Crippen molar-refractivity contribution in [3.8, 4) is 17.9 Å². The molecule has 74 valence electrons. The van der Waals surface area contributed by atoms with Crippen LogP contribution in [0.2, 0.25) is 0 Å². The Morgan fingerprint density at radius 2 is 2.20 bits per heavy atom. The molecule has 0 aromatic heterocycles. The maximum absolute atomic E-state index is 10.5. The van der Waals surface area contributed by atoms with Gasteiger partial charge in [-0.3, -0.25) is 10.1 Å². The molecule has 0 amide bonds. The van der Waals surface area contributed by atoms with Gasteiger partial charge in [-0.25, -0.2) is 0 Å². The summed E-state index contributed by atoms with van der Waals surface area (Å²) in [6.45, 7) is 1.65. The molecule has 0 heterocycles. The van der Waals surface area contributed by atoms with E-state index in [0.717, 1.165) is 0 Å². The van der Waals surface area contributed by atoms with Crippen molar-refractivity contribution in [3.63, 3.8) is 0 Å². The molecule has 5 heteroatoms. The van der Waals surface area contributed by atoms with Crippen LogP contribution in [0.4, 0.5) is 11.4 Å². The van der Waals surface area contributed by atoms with E-state index >= 15 is 0 Å². The standard InChI is InChI=1S/C10H7N3O2/c1-7-5-9(13(14)15)6-8(10(7)12)3-2-4-11/h5-6H,12H2,1H3. The Morgan fingerprint density at radius 1 is 1.53 bits per heavy atom. The van der Waals surface area contributed by atoms with E-state index < -0.39 is 4.92 Å². The number of hydrogen-bond donors (Lipinski definition) is 1. The quantitative estimate of drug-likeness (QED) is 0.321. The second-order valence-corrected chi connectivity index (χ2v) is 2.84. The lowest BCUT2D eigenvalue weighted by atomic mass is 10.1. The number of aryl methyl sites for hydroxylation is 1. The van der Waals surface area contributed by atoms with E-state index in [9.17, 15) is 10.1 Å². The van der Waals surface area contributed by atoms with Crippen LogP contribution in [0.25, 0.3) is 0 Å². The molecule has 1 aromatic rings. The summed E-state index contributed by atoms with van der Waals surface area (Å²) >= 11 is 0. The highest BCUT2D eigenvalue weighted by molar-refractivity contribution is 5.65. The minimum atomic E-state index is -0.524. The van der Waals surface area contributed by atoms with Gasteiger partial charge in [-0.05, 0) is 18.4 Å². The van der Waals surface area contributed by atoms with Crippen molar-refractivity contribution in [2.24, 2.45) is 0 Å². The van der Waals surface area contributed by atoms with Gasteiger partial charge in [0.25, 0.3) is 5.69 Å². The maximum atomic E-state index is 10.5. The third kappa shape index (κ3) is 2.23. The Morgan fingerprint density at radius 3 is 2.73 bits per heavy atom. The third-order valence-electron chi connectivity index (χ3n) is 1.84. The van der Waals surface area contributed by atoms with Crippen LogP contribution in [0.5, 0.6) is 0 Å². The largest absolute Gasteiger partial charge is 0.397 e. The number of nitrogens with zero attached hydrogens (tertiary/aromatic N) is 2. The van der Waals surface area contributed by atoms with Gasteiger partial charge < -0.3 is 5.73 Å². The molecule has 0 atom stereocenters. The molecule has 0 aliphatic rings. The highest BCUT2D eigenvalue weighted by Crippen LogP contribution is 2.23. The summed E-state index contributed by atoms with van der Waals surface area (Å²) in [5.41, 5.74) is 6.83. The van der Waals surface area contributed by atoms with E-state index in [0.29, 0.717) is 16.8 Å². The van der Waals surface area contributed by atoms with Crippen molar-refractivity contribution >= 4 is 11.4 Å². The average molecular weight is 201 g/mol. The number of anilines is 1. The summed E-state index contributed by atoms with van der Waals surface area (Å²) in [6.07, 6.45) is 0. The minimum absolute atomic E-state index is 0.0797. The lowest BCUT2D eigenvalue weighted by Crippen LogP contribution is -1.97. The molecular formula is C10H7N3O2. The van der Waals surface area contributed by atoms with Gasteiger partial charge in [0.2, 0.25) is 0 Å². The number of nitriles is 1. The van der Waals surface area contributed by atoms with E-state index in [1.165, 1.54) is 12.1 Å². The summed E-state index contributed by atoms with van der Waals surface area (Å²) in [5.74, 6) is 4.61. The van der Waals surface area contributed by atoms with Crippen LogP contribution in [0.1, 0.15) is 11.1 Å². The van der Waals surface area contributed by atoms with E-state index in [2.05, 4.69) is 11.8 Å². The first-order chi connectivity index (χ1) is 7.06. The van der Waals surface area contributed by atoms with Crippen molar-refractivity contribution < 1.29 is 4.92 Å². The van der Waals surface area contributed by atoms with Gasteiger partial charge in [0.15, 0.2) is 6.07 Å². The molecule has 0 fully saturated rings. The Balaban J connectivity index is 3.39. The lowest BCUT2D eigenvalue weighted by Gasteiger charge is -2.02. The number of hydrogen-bond acceptors (Lipinski definition) is 4. The van der Waals surface area contributed by atoms with E-state index in [1.54, 1.807) is 13.0 Å². The smallest absolute Gasteiger partial charge is 0.271 e. The Hall–Kier alpha value is -2.53. The van der Waals surface area contributed by atoms with E-state index in [4.69, 9.17) is 11.0 Å². The highest BCUT2D eigenvalue weighted by atomic mass is 16.6. The SMILES string of the molecule is Cc1cc([N+](=O)[O-])cc(C#CC#N)c1N. The molecule has 0 aliphatic heterocycles. The summed E-state index contributed by atoms with van der Waals surface area (Å²) < 4.78 is 0. The zero-order valence-electron chi connectivity index (χ0n) is 7.94. The van der Waals surface area contributed by atoms with Gasteiger partial charge in [0, 0.05) is 18.1 Å². The van der Waals surface area contributed by atoms with Crippen molar-refractivity contribution in [3.05, 3.63) is 33.4 Å². The van der Waals surface area contributed by atoms with Crippen LogP contribution in [0.15, 0.2) is 12.1 Å². The lowest BCUT2D eigenvalue weighted by molar-refractivity contribution is -0.384. The summed E-state index contributed by atoms with van der Waals surface area (Å²) in [7, 11) is 0. The zero-order chi connectivity index (χ0) is 11.4. The molecule has 0 unspecified atom stereocenters. The van der Waals surface area contributed by atoms with Crippen LogP contribution < -0.4 is 5.73 Å². The molecular weight excluding hydrogens is 194 g/mol. The van der Waals surface area contributed by atoms with Crippen molar-refractivity contribution in [1.29, 1.82) is 5.26 Å². The van der Waals surface area contributed by atoms with E-state index in [-0.39, 0.29) is 5.69 Å². The number of nitrogens with two attached hydrogens (primary N) is 1. The summed E-state index contributed by atoms with van der Waals surface area (Å²) in [6, 6.07) is 4.25. The Kier molecular flexibility index (Phi) is 2.90. The predicted octanol–water partition coefficient (Wildman–Crippen LogP) is 1.36. The number of nitrogen functional groups attached to an aromatic ring is 1. The molecule has 5 nitrogen and oxygen atoms in total. The first-order valence-corrected chi connectivity index (χ1v) is 4.01. The third-order valence-corrected chi connectivity index (χ3v) is 1.84. The molecule has 0 bridgehead atoms. The maximum Gasteiger partial charge on any atom is 0.271 e. The van der Waals surface area contributed by atoms with Gasteiger partial charge >= 0.3 is 0 Å². The van der Waals surface area contributed by atoms with Gasteiger partial charge in [0.1, 0.15) is 0 Å². The van der Waals surface area contributed by atoms with Crippen molar-refractivity contribution in [2.75, 3.05) is 5.73 Å². The predicted molar refractivity (Wildman–Crippen MR) is 54.7 cm³/mol. The molecule has 15 heavy (non-hydrogen) atoms. The topological polar surface area (TPSA) is 93.0 Å². The fourth-order valence-corrected chi connectivity index (χ4v) is 1.08. The average Bonchev–Trinajstić information content (AvgIpc) is 2.19. The molecule has 0 saturated carbocycles. The van der Waals surface area contributed by atoms with Crippen LogP contribution in [-0.2, 0) is 0 Å². The molecule has 0 aliphatic carbocycles. The molecule has 1 aromatic carbocycles. The molecule has 0 spiro atoms. The monoisotopic (exact) mass is 201 g/mol. The first-order valence-electron chi connectivity index (χ1n) is 4.01. The second-order valence-electron chi connectivity index (χ2n) is 2.84. The minimum Gasteiger partial charge on any atom is -0.397 e. The summed E-state index contributed by atoms with van der Waals surface area (Å²) in [4.78, 5) is 10.0. The molecule has 0 radical (unpaired) electrons. The molecule has 0 saturated heterocycles. The highest BCUT2D eigenvalue weighted by Gasteiger charge is 2.10. The number of benzene rings is 1. The summed E-state index contributed by atoms with van der Waals surface area (Å²) in [5, 5.41) is 18.8. The van der Waals surface area contributed by atoms with Crippen molar-refractivity contribution in [2.45, 2.75) is 6.92 Å². The van der Waals surface area contributed by atoms with Gasteiger partial charge in [-0.2, -0.15) is 5.26 Å². The number of nitro benzene ring substituents is 1. The Bertz CT molecular complexity index is 518. The number of nitro groups is 1. The van der Waals surface area contributed by atoms with Crippen LogP contribution in [0.3, 0.4) is 0 Å². The van der Waals surface area contributed by atoms with E-state index in [1.807, 2.05) is 0 Å². The van der Waals surface area contributed by atoms with Gasteiger partial charge in [-0.15, -0.1) is 0 Å². The van der Waals surface area contributed by atoms with Crippen LogP contribution >= 0.6 is 0 Å². The normalized spacial score (nSPS) is 8.53. The zero-order valence-corrected chi connectivity index (χ0v) is 7.94. The van der Waals surface area contributed by atoms with Gasteiger partial charge in [-0.1, -0.05) is 0 Å². The number of rotatable bonds is 1. The fourth-order valence-electron chi connectivity index (χ4n) is 1.08. The Labute approximate surface area is 86.3 Å². The van der Waals surface area contributed by atoms with Crippen LogP contribution in [-0.4, -0.2) is 4.92 Å². The molecule has 2 N–H and O–H groups in total. The first kappa shape index (κ1) is 10.6. The van der Waals surface area contributed by atoms with Crippen molar-refractivity contribution in [1.82, 2.24) is 0 Å². The van der Waals surface area contributed by atoms with Crippen LogP contribution in [0, 0.1) is 40.2 Å². The fraction of sp³-hybridized carbons (Fsp3) is 0.100. The molecule has 1 rings (SSSR count). The second kappa shape index (κ2) is 4.12.